The molecule has 0 spiro atoms. The minimum Gasteiger partial charge on any atom is -0.383 e. The molecule has 16 heavy (non-hydrogen) atoms. The van der Waals surface area contributed by atoms with Crippen LogP contribution in [0.5, 0.6) is 0 Å². The van der Waals surface area contributed by atoms with E-state index in [9.17, 15) is 0 Å². The van der Waals surface area contributed by atoms with Crippen LogP contribution in [0.15, 0.2) is 17.8 Å². The fourth-order valence-corrected chi connectivity index (χ4v) is 2.53. The van der Waals surface area contributed by atoms with Gasteiger partial charge in [0.15, 0.2) is 4.96 Å². The molecule has 0 amide bonds. The van der Waals surface area contributed by atoms with Crippen molar-refractivity contribution in [2.45, 2.75) is 19.4 Å². The number of hydrogen-bond acceptors (Lipinski definition) is 4. The van der Waals surface area contributed by atoms with Crippen molar-refractivity contribution < 1.29 is 4.74 Å². The third-order valence-corrected chi connectivity index (χ3v) is 3.23. The molecule has 0 bridgehead atoms. The lowest BCUT2D eigenvalue weighted by molar-refractivity contribution is 0.166. The Morgan fingerprint density at radius 2 is 2.50 bits per heavy atom. The van der Waals surface area contributed by atoms with Gasteiger partial charge >= 0.3 is 0 Å². The number of imidazole rings is 1. The first kappa shape index (κ1) is 11.6. The quantitative estimate of drug-likeness (QED) is 0.831. The second-order valence-electron chi connectivity index (χ2n) is 3.74. The van der Waals surface area contributed by atoms with Crippen LogP contribution >= 0.6 is 11.3 Å². The van der Waals surface area contributed by atoms with E-state index < -0.39 is 0 Å². The zero-order valence-corrected chi connectivity index (χ0v) is 10.5. The van der Waals surface area contributed by atoms with Crippen molar-refractivity contribution in [3.63, 3.8) is 0 Å². The number of fused-ring (bicyclic) bond motifs is 1. The molecule has 0 radical (unpaired) electrons. The smallest absolute Gasteiger partial charge is 0.193 e. The summed E-state index contributed by atoms with van der Waals surface area (Å²) in [4.78, 5) is 5.62. The van der Waals surface area contributed by atoms with E-state index in [4.69, 9.17) is 4.74 Å². The molecular weight excluding hydrogens is 222 g/mol. The molecule has 1 unspecified atom stereocenters. The molecule has 1 atom stereocenters. The van der Waals surface area contributed by atoms with Crippen molar-refractivity contribution in [1.82, 2.24) is 14.7 Å². The number of thiazole rings is 1. The normalized spacial score (nSPS) is 13.4. The maximum Gasteiger partial charge on any atom is 0.193 e. The van der Waals surface area contributed by atoms with Gasteiger partial charge in [-0.05, 0) is 6.54 Å². The van der Waals surface area contributed by atoms with Crippen molar-refractivity contribution in [3.8, 4) is 0 Å². The van der Waals surface area contributed by atoms with Gasteiger partial charge in [-0.2, -0.15) is 0 Å². The van der Waals surface area contributed by atoms with E-state index in [2.05, 4.69) is 27.8 Å². The first-order valence-electron chi connectivity index (χ1n) is 5.47. The maximum atomic E-state index is 5.19. The van der Waals surface area contributed by atoms with Crippen molar-refractivity contribution in [3.05, 3.63) is 23.5 Å². The summed E-state index contributed by atoms with van der Waals surface area (Å²) in [5, 5.41) is 5.44. The molecule has 4 nitrogen and oxygen atoms in total. The minimum absolute atomic E-state index is 0.347. The van der Waals surface area contributed by atoms with Gasteiger partial charge in [0.1, 0.15) is 0 Å². The van der Waals surface area contributed by atoms with Gasteiger partial charge in [-0.15, -0.1) is 11.3 Å². The average molecular weight is 239 g/mol. The van der Waals surface area contributed by atoms with E-state index in [1.807, 2.05) is 11.6 Å². The van der Waals surface area contributed by atoms with Gasteiger partial charge in [0.2, 0.25) is 0 Å². The molecule has 0 aliphatic rings. The molecule has 2 rings (SSSR count). The molecule has 0 aliphatic heterocycles. The summed E-state index contributed by atoms with van der Waals surface area (Å²) in [6, 6.07) is 0.347. The van der Waals surface area contributed by atoms with Crippen LogP contribution < -0.4 is 5.32 Å². The summed E-state index contributed by atoms with van der Waals surface area (Å²) in [5.41, 5.74) is 1.12. The summed E-state index contributed by atoms with van der Waals surface area (Å²) >= 11 is 1.66. The Balaban J connectivity index is 2.03. The summed E-state index contributed by atoms with van der Waals surface area (Å²) in [6.07, 6.45) is 5.04. The van der Waals surface area contributed by atoms with Gasteiger partial charge < -0.3 is 10.1 Å². The van der Waals surface area contributed by atoms with Gasteiger partial charge in [-0.1, -0.05) is 6.92 Å². The molecule has 1 N–H and O–H groups in total. The standard InChI is InChI=1S/C11H17N3OS/c1-3-12-10(8-15-2)6-9-7-14-4-5-16-11(14)13-9/h4-5,7,10,12H,3,6,8H2,1-2H3. The van der Waals surface area contributed by atoms with E-state index >= 15 is 0 Å². The van der Waals surface area contributed by atoms with Gasteiger partial charge in [-0.3, -0.25) is 4.40 Å². The molecule has 0 fully saturated rings. The van der Waals surface area contributed by atoms with Crippen molar-refractivity contribution in [1.29, 1.82) is 0 Å². The van der Waals surface area contributed by atoms with Crippen molar-refractivity contribution >= 4 is 16.3 Å². The molecular formula is C11H17N3OS. The third-order valence-electron chi connectivity index (χ3n) is 2.46. The first-order valence-corrected chi connectivity index (χ1v) is 6.35. The topological polar surface area (TPSA) is 38.6 Å². The highest BCUT2D eigenvalue weighted by atomic mass is 32.1. The zero-order chi connectivity index (χ0) is 11.4. The Kier molecular flexibility index (Phi) is 3.93. The number of ether oxygens (including phenoxy) is 1. The van der Waals surface area contributed by atoms with Gasteiger partial charge in [0, 0.05) is 37.3 Å². The van der Waals surface area contributed by atoms with Crippen LogP contribution in [0.1, 0.15) is 12.6 Å². The van der Waals surface area contributed by atoms with E-state index in [0.29, 0.717) is 6.04 Å². The maximum absolute atomic E-state index is 5.19. The Bertz CT molecular complexity index is 403. The molecule has 2 aromatic heterocycles. The minimum atomic E-state index is 0.347. The number of hydrogen-bond donors (Lipinski definition) is 1. The van der Waals surface area contributed by atoms with Gasteiger partial charge in [0.05, 0.1) is 12.3 Å². The van der Waals surface area contributed by atoms with E-state index in [-0.39, 0.29) is 0 Å². The summed E-state index contributed by atoms with van der Waals surface area (Å²) in [6.45, 7) is 3.78. The van der Waals surface area contributed by atoms with Crippen molar-refractivity contribution in [2.75, 3.05) is 20.3 Å². The molecule has 0 aliphatic carbocycles. The van der Waals surface area contributed by atoms with Crippen LogP contribution in [0.25, 0.3) is 4.96 Å². The Labute approximate surface area is 99.3 Å². The van der Waals surface area contributed by atoms with Crippen LogP contribution in [-0.2, 0) is 11.2 Å². The Morgan fingerprint density at radius 3 is 3.19 bits per heavy atom. The van der Waals surface area contributed by atoms with Crippen LogP contribution in [0.4, 0.5) is 0 Å². The molecule has 0 saturated heterocycles. The fourth-order valence-electron chi connectivity index (χ4n) is 1.81. The Hall–Kier alpha value is -0.910. The Morgan fingerprint density at radius 1 is 1.62 bits per heavy atom. The number of methoxy groups -OCH3 is 1. The predicted octanol–water partition coefficient (Wildman–Crippen LogP) is 1.56. The van der Waals surface area contributed by atoms with Crippen LogP contribution in [0.2, 0.25) is 0 Å². The first-order chi connectivity index (χ1) is 7.83. The second kappa shape index (κ2) is 5.43. The number of nitrogens with zero attached hydrogens (tertiary/aromatic N) is 2. The predicted molar refractivity (Wildman–Crippen MR) is 66.1 cm³/mol. The summed E-state index contributed by atoms with van der Waals surface area (Å²) in [5.74, 6) is 0. The highest BCUT2D eigenvalue weighted by molar-refractivity contribution is 7.15. The molecule has 0 saturated carbocycles. The number of likely N-dealkylation sites (N-methyl/N-ethyl adjacent to an activating group) is 1. The second-order valence-corrected chi connectivity index (χ2v) is 4.61. The number of aromatic nitrogens is 2. The van der Waals surface area contributed by atoms with Crippen LogP contribution in [-0.4, -0.2) is 35.7 Å². The lowest BCUT2D eigenvalue weighted by atomic mass is 10.2. The highest BCUT2D eigenvalue weighted by Crippen LogP contribution is 2.12. The zero-order valence-electron chi connectivity index (χ0n) is 9.64. The van der Waals surface area contributed by atoms with E-state index in [0.717, 1.165) is 30.2 Å². The fraction of sp³-hybridized carbons (Fsp3) is 0.545. The lowest BCUT2D eigenvalue weighted by Crippen LogP contribution is -2.35. The molecule has 2 aromatic rings. The monoisotopic (exact) mass is 239 g/mol. The molecule has 88 valence electrons. The van der Waals surface area contributed by atoms with Gasteiger partial charge in [0.25, 0.3) is 0 Å². The summed E-state index contributed by atoms with van der Waals surface area (Å²) < 4.78 is 7.26. The third kappa shape index (κ3) is 2.61. The SMILES string of the molecule is CCNC(COC)Cc1cn2ccsc2n1. The van der Waals surface area contributed by atoms with Crippen LogP contribution in [0, 0.1) is 0 Å². The number of nitrogens with one attached hydrogen (secondary N) is 1. The molecule has 0 aromatic carbocycles. The van der Waals surface area contributed by atoms with E-state index in [1.54, 1.807) is 18.4 Å². The van der Waals surface area contributed by atoms with Gasteiger partial charge in [-0.25, -0.2) is 4.98 Å². The largest absolute Gasteiger partial charge is 0.383 e. The highest BCUT2D eigenvalue weighted by Gasteiger charge is 2.11. The van der Waals surface area contributed by atoms with Crippen LogP contribution in [0.3, 0.4) is 0 Å². The van der Waals surface area contributed by atoms with Crippen molar-refractivity contribution in [2.24, 2.45) is 0 Å². The van der Waals surface area contributed by atoms with E-state index in [1.165, 1.54) is 0 Å². The molecule has 2 heterocycles. The summed E-state index contributed by atoms with van der Waals surface area (Å²) in [7, 11) is 1.73. The average Bonchev–Trinajstić information content (AvgIpc) is 2.78. The molecule has 5 heteroatoms. The lowest BCUT2D eigenvalue weighted by Gasteiger charge is -2.15. The number of rotatable bonds is 6.